The van der Waals surface area contributed by atoms with Crippen molar-refractivity contribution in [2.75, 3.05) is 13.1 Å². The highest BCUT2D eigenvalue weighted by Crippen LogP contribution is 2.03. The molecule has 0 aliphatic carbocycles. The quantitative estimate of drug-likeness (QED) is 0.686. The van der Waals surface area contributed by atoms with Crippen molar-refractivity contribution in [1.29, 1.82) is 0 Å². The highest BCUT2D eigenvalue weighted by Gasteiger charge is 2.08. The lowest BCUT2D eigenvalue weighted by atomic mass is 10.3. The van der Waals surface area contributed by atoms with Gasteiger partial charge < -0.3 is 10.6 Å². The number of aliphatic imine (C=N–C) groups is 1. The standard InChI is InChI=1S/C9H15N3O/c1-2-3-5-12-6-4-8(9(10)13)11-7-12/h4,7H,2-3,5-6H2,1H3,(H2,10,13). The smallest absolute Gasteiger partial charge is 0.267 e. The Morgan fingerprint density at radius 1 is 1.77 bits per heavy atom. The Kier molecular flexibility index (Phi) is 3.49. The van der Waals surface area contributed by atoms with Crippen LogP contribution in [0.4, 0.5) is 0 Å². The molecule has 0 spiro atoms. The molecule has 0 bridgehead atoms. The number of nitrogens with two attached hydrogens (primary N) is 1. The fourth-order valence-electron chi connectivity index (χ4n) is 1.12. The van der Waals surface area contributed by atoms with Gasteiger partial charge in [-0.1, -0.05) is 13.3 Å². The molecular weight excluding hydrogens is 166 g/mol. The van der Waals surface area contributed by atoms with Crippen LogP contribution >= 0.6 is 0 Å². The summed E-state index contributed by atoms with van der Waals surface area (Å²) < 4.78 is 0. The lowest BCUT2D eigenvalue weighted by Gasteiger charge is -2.20. The highest BCUT2D eigenvalue weighted by atomic mass is 16.1. The van der Waals surface area contributed by atoms with E-state index in [1.54, 1.807) is 12.4 Å². The van der Waals surface area contributed by atoms with Crippen LogP contribution in [0.1, 0.15) is 19.8 Å². The van der Waals surface area contributed by atoms with Crippen LogP contribution in [0.2, 0.25) is 0 Å². The van der Waals surface area contributed by atoms with Crippen molar-refractivity contribution in [2.24, 2.45) is 10.7 Å². The average Bonchev–Trinajstić information content (AvgIpc) is 2.15. The Labute approximate surface area is 78.1 Å². The van der Waals surface area contributed by atoms with Crippen molar-refractivity contribution >= 4 is 12.2 Å². The largest absolute Gasteiger partial charge is 0.364 e. The first-order chi connectivity index (χ1) is 6.24. The molecule has 72 valence electrons. The normalized spacial score (nSPS) is 15.8. The van der Waals surface area contributed by atoms with Crippen LogP contribution in [0, 0.1) is 0 Å². The molecule has 2 N–H and O–H groups in total. The zero-order valence-electron chi connectivity index (χ0n) is 7.86. The predicted molar refractivity (Wildman–Crippen MR) is 52.3 cm³/mol. The Morgan fingerprint density at radius 2 is 2.54 bits per heavy atom. The fraction of sp³-hybridized carbons (Fsp3) is 0.556. The maximum atomic E-state index is 10.7. The van der Waals surface area contributed by atoms with E-state index < -0.39 is 5.91 Å². The van der Waals surface area contributed by atoms with Gasteiger partial charge >= 0.3 is 0 Å². The number of rotatable bonds is 4. The summed E-state index contributed by atoms with van der Waals surface area (Å²) in [5, 5.41) is 0. The molecule has 0 saturated carbocycles. The van der Waals surface area contributed by atoms with Gasteiger partial charge in [-0.3, -0.25) is 4.79 Å². The van der Waals surface area contributed by atoms with Gasteiger partial charge in [-0.05, 0) is 12.5 Å². The third-order valence-corrected chi connectivity index (χ3v) is 1.93. The van der Waals surface area contributed by atoms with Gasteiger partial charge in [-0.25, -0.2) is 4.99 Å². The Hall–Kier alpha value is -1.32. The summed E-state index contributed by atoms with van der Waals surface area (Å²) in [6, 6.07) is 0. The van der Waals surface area contributed by atoms with Gasteiger partial charge in [0.2, 0.25) is 0 Å². The number of amides is 1. The molecule has 1 rings (SSSR count). The molecule has 0 saturated heterocycles. The van der Waals surface area contributed by atoms with Gasteiger partial charge in [0.1, 0.15) is 5.70 Å². The minimum absolute atomic E-state index is 0.368. The molecule has 1 aliphatic rings. The maximum absolute atomic E-state index is 10.7. The van der Waals surface area contributed by atoms with Crippen molar-refractivity contribution in [3.8, 4) is 0 Å². The molecule has 4 heteroatoms. The number of hydrogen-bond donors (Lipinski definition) is 1. The van der Waals surface area contributed by atoms with E-state index in [2.05, 4.69) is 16.8 Å². The summed E-state index contributed by atoms with van der Waals surface area (Å²) in [5.41, 5.74) is 5.44. The van der Waals surface area contributed by atoms with Crippen molar-refractivity contribution in [3.63, 3.8) is 0 Å². The second-order valence-electron chi connectivity index (χ2n) is 3.05. The number of unbranched alkanes of at least 4 members (excludes halogenated alkanes) is 1. The van der Waals surface area contributed by atoms with Crippen molar-refractivity contribution in [3.05, 3.63) is 11.8 Å². The zero-order chi connectivity index (χ0) is 9.68. The molecule has 0 unspecified atom stereocenters. The Bertz CT molecular complexity index is 245. The maximum Gasteiger partial charge on any atom is 0.267 e. The summed E-state index contributed by atoms with van der Waals surface area (Å²) in [6.45, 7) is 3.87. The fourth-order valence-corrected chi connectivity index (χ4v) is 1.12. The SMILES string of the molecule is CCCCN1C=NC(C(N)=O)=CC1. The third-order valence-electron chi connectivity index (χ3n) is 1.93. The molecule has 4 nitrogen and oxygen atoms in total. The first kappa shape index (κ1) is 9.77. The second kappa shape index (κ2) is 4.64. The molecule has 1 aliphatic heterocycles. The number of carbonyl (C=O) groups excluding carboxylic acids is 1. The molecular formula is C9H15N3O. The first-order valence-corrected chi connectivity index (χ1v) is 4.52. The van der Waals surface area contributed by atoms with E-state index in [0.717, 1.165) is 25.9 Å². The van der Waals surface area contributed by atoms with Crippen LogP contribution in [0.15, 0.2) is 16.8 Å². The predicted octanol–water partition coefficient (Wildman–Crippen LogP) is 0.500. The molecule has 0 atom stereocenters. The van der Waals surface area contributed by atoms with E-state index in [9.17, 15) is 4.79 Å². The minimum atomic E-state index is -0.452. The molecule has 1 amide bonds. The zero-order valence-corrected chi connectivity index (χ0v) is 7.86. The van der Waals surface area contributed by atoms with E-state index in [1.807, 2.05) is 0 Å². The summed E-state index contributed by atoms with van der Waals surface area (Å²) in [6.07, 6.45) is 5.76. The number of nitrogens with zero attached hydrogens (tertiary/aromatic N) is 2. The monoisotopic (exact) mass is 181 g/mol. The van der Waals surface area contributed by atoms with Gasteiger partial charge in [0.05, 0.1) is 6.34 Å². The minimum Gasteiger partial charge on any atom is -0.364 e. The van der Waals surface area contributed by atoms with E-state index >= 15 is 0 Å². The van der Waals surface area contributed by atoms with E-state index in [1.165, 1.54) is 0 Å². The van der Waals surface area contributed by atoms with E-state index in [4.69, 9.17) is 5.73 Å². The van der Waals surface area contributed by atoms with Gasteiger partial charge in [-0.15, -0.1) is 0 Å². The summed E-state index contributed by atoms with van der Waals surface area (Å²) in [7, 11) is 0. The molecule has 0 aromatic carbocycles. The summed E-state index contributed by atoms with van der Waals surface area (Å²) in [5.74, 6) is -0.452. The van der Waals surface area contributed by atoms with Crippen LogP contribution in [-0.2, 0) is 4.79 Å². The molecule has 0 aromatic heterocycles. The third kappa shape index (κ3) is 2.89. The summed E-state index contributed by atoms with van der Waals surface area (Å²) in [4.78, 5) is 16.7. The lowest BCUT2D eigenvalue weighted by molar-refractivity contribution is -0.114. The Balaban J connectivity index is 2.39. The van der Waals surface area contributed by atoms with Gasteiger partial charge in [0.15, 0.2) is 0 Å². The molecule has 0 fully saturated rings. The topological polar surface area (TPSA) is 58.7 Å². The van der Waals surface area contributed by atoms with Gasteiger partial charge in [-0.2, -0.15) is 0 Å². The van der Waals surface area contributed by atoms with Crippen LogP contribution in [0.5, 0.6) is 0 Å². The van der Waals surface area contributed by atoms with Crippen molar-refractivity contribution < 1.29 is 4.79 Å². The van der Waals surface area contributed by atoms with Crippen LogP contribution in [0.25, 0.3) is 0 Å². The van der Waals surface area contributed by atoms with Gasteiger partial charge in [0.25, 0.3) is 5.91 Å². The molecule has 13 heavy (non-hydrogen) atoms. The highest BCUT2D eigenvalue weighted by molar-refractivity contribution is 5.93. The average molecular weight is 181 g/mol. The van der Waals surface area contributed by atoms with Crippen molar-refractivity contribution in [1.82, 2.24) is 4.90 Å². The van der Waals surface area contributed by atoms with Crippen LogP contribution < -0.4 is 5.73 Å². The number of hydrogen-bond acceptors (Lipinski definition) is 3. The lowest BCUT2D eigenvalue weighted by Crippen LogP contribution is -2.28. The van der Waals surface area contributed by atoms with Crippen LogP contribution in [-0.4, -0.2) is 30.2 Å². The van der Waals surface area contributed by atoms with Crippen LogP contribution in [0.3, 0.4) is 0 Å². The number of primary amides is 1. The van der Waals surface area contributed by atoms with E-state index in [0.29, 0.717) is 5.70 Å². The van der Waals surface area contributed by atoms with Crippen molar-refractivity contribution in [2.45, 2.75) is 19.8 Å². The molecule has 0 radical (unpaired) electrons. The molecule has 0 aromatic rings. The Morgan fingerprint density at radius 3 is 3.00 bits per heavy atom. The van der Waals surface area contributed by atoms with E-state index in [-0.39, 0.29) is 0 Å². The molecule has 1 heterocycles. The summed E-state index contributed by atoms with van der Waals surface area (Å²) >= 11 is 0. The van der Waals surface area contributed by atoms with Gasteiger partial charge in [0, 0.05) is 13.1 Å². The number of carbonyl (C=O) groups is 1. The first-order valence-electron chi connectivity index (χ1n) is 4.52. The second-order valence-corrected chi connectivity index (χ2v) is 3.05.